The largest absolute Gasteiger partial charge is 0.367 e. The van der Waals surface area contributed by atoms with Gasteiger partial charge in [-0.25, -0.2) is 0 Å². The van der Waals surface area contributed by atoms with Crippen molar-refractivity contribution in [1.29, 1.82) is 0 Å². The van der Waals surface area contributed by atoms with E-state index in [4.69, 9.17) is 10.3 Å². The highest BCUT2D eigenvalue weighted by atomic mass is 32.1. The number of nitrogens with two attached hydrogens (primary N) is 1. The summed E-state index contributed by atoms with van der Waals surface area (Å²) in [6.45, 7) is 0. The molecule has 5 nitrogen and oxygen atoms in total. The predicted molar refractivity (Wildman–Crippen MR) is 106 cm³/mol. The first-order valence-electron chi connectivity index (χ1n) is 8.42. The molecule has 0 bridgehead atoms. The third kappa shape index (κ3) is 3.47. The van der Waals surface area contributed by atoms with Crippen LogP contribution in [-0.4, -0.2) is 11.1 Å². The minimum atomic E-state index is -0.326. The van der Waals surface area contributed by atoms with Gasteiger partial charge in [0.15, 0.2) is 0 Å². The van der Waals surface area contributed by atoms with E-state index >= 15 is 0 Å². The zero-order valence-corrected chi connectivity index (χ0v) is 15.1. The summed E-state index contributed by atoms with van der Waals surface area (Å²) in [7, 11) is 0. The molecular weight excluding hydrogens is 358 g/mol. The van der Waals surface area contributed by atoms with Crippen LogP contribution in [0.15, 0.2) is 82.0 Å². The summed E-state index contributed by atoms with van der Waals surface area (Å²) < 4.78 is 5.11. The molecule has 2 heterocycles. The van der Waals surface area contributed by atoms with Gasteiger partial charge in [0.05, 0.1) is 6.04 Å². The van der Waals surface area contributed by atoms with Crippen molar-refractivity contribution in [2.45, 2.75) is 6.04 Å². The Morgan fingerprint density at radius 3 is 2.19 bits per heavy atom. The summed E-state index contributed by atoms with van der Waals surface area (Å²) in [6.07, 6.45) is 0. The van der Waals surface area contributed by atoms with E-state index in [1.165, 1.54) is 11.3 Å². The summed E-state index contributed by atoms with van der Waals surface area (Å²) in [5, 5.41) is 10.9. The Hall–Kier alpha value is -3.38. The van der Waals surface area contributed by atoms with Crippen molar-refractivity contribution in [1.82, 2.24) is 10.5 Å². The molecule has 2 aromatic heterocycles. The van der Waals surface area contributed by atoms with Crippen LogP contribution in [0.5, 0.6) is 0 Å². The number of carbonyl (C=O) groups is 1. The molecular formula is C21H17N3O2S. The van der Waals surface area contributed by atoms with E-state index in [-0.39, 0.29) is 23.4 Å². The molecule has 0 aliphatic carbocycles. The molecule has 134 valence electrons. The fraction of sp³-hybridized carbons (Fsp3) is 0.0476. The SMILES string of the molecule is Nc1onc(-c2ccsc2)c1C(=O)NC(c1ccccc1)c1ccccc1. The normalized spacial score (nSPS) is 10.9. The second-order valence-corrected chi connectivity index (χ2v) is 6.79. The highest BCUT2D eigenvalue weighted by Gasteiger charge is 2.26. The number of carbonyl (C=O) groups excluding carboxylic acids is 1. The lowest BCUT2D eigenvalue weighted by Gasteiger charge is -2.20. The number of nitrogen functional groups attached to an aromatic ring is 1. The number of hydrogen-bond donors (Lipinski definition) is 2. The topological polar surface area (TPSA) is 81.2 Å². The molecule has 3 N–H and O–H groups in total. The number of aromatic nitrogens is 1. The van der Waals surface area contributed by atoms with Gasteiger partial charge in [0.1, 0.15) is 11.3 Å². The van der Waals surface area contributed by atoms with E-state index in [1.807, 2.05) is 77.5 Å². The highest BCUT2D eigenvalue weighted by Crippen LogP contribution is 2.30. The van der Waals surface area contributed by atoms with Crippen LogP contribution in [0, 0.1) is 0 Å². The van der Waals surface area contributed by atoms with Gasteiger partial charge in [-0.3, -0.25) is 4.79 Å². The third-order valence-electron chi connectivity index (χ3n) is 4.28. The van der Waals surface area contributed by atoms with E-state index in [0.717, 1.165) is 16.7 Å². The van der Waals surface area contributed by atoms with Crippen molar-refractivity contribution < 1.29 is 9.32 Å². The van der Waals surface area contributed by atoms with Crippen molar-refractivity contribution >= 4 is 23.1 Å². The van der Waals surface area contributed by atoms with Gasteiger partial charge in [-0.15, -0.1) is 0 Å². The van der Waals surface area contributed by atoms with Crippen LogP contribution in [0.4, 0.5) is 5.88 Å². The maximum atomic E-state index is 13.1. The first-order chi connectivity index (χ1) is 13.2. The molecule has 6 heteroatoms. The Morgan fingerprint density at radius 1 is 1.00 bits per heavy atom. The lowest BCUT2D eigenvalue weighted by atomic mass is 9.98. The van der Waals surface area contributed by atoms with Gasteiger partial charge in [-0.05, 0) is 22.6 Å². The molecule has 4 rings (SSSR count). The standard InChI is InChI=1S/C21H17N3O2S/c22-20-17(19(24-26-20)16-11-12-27-13-16)21(25)23-18(14-7-3-1-4-8-14)15-9-5-2-6-10-15/h1-13,18H,22H2,(H,23,25). The van der Waals surface area contributed by atoms with Gasteiger partial charge in [0, 0.05) is 10.9 Å². The van der Waals surface area contributed by atoms with Crippen molar-refractivity contribution in [3.63, 3.8) is 0 Å². The van der Waals surface area contributed by atoms with E-state index in [9.17, 15) is 4.79 Å². The molecule has 1 amide bonds. The van der Waals surface area contributed by atoms with Crippen molar-refractivity contribution in [3.8, 4) is 11.3 Å². The second kappa shape index (κ2) is 7.47. The number of hydrogen-bond acceptors (Lipinski definition) is 5. The maximum absolute atomic E-state index is 13.1. The summed E-state index contributed by atoms with van der Waals surface area (Å²) in [6, 6.07) is 21.2. The van der Waals surface area contributed by atoms with Crippen LogP contribution < -0.4 is 11.1 Å². The monoisotopic (exact) mass is 375 g/mol. The Bertz CT molecular complexity index is 989. The van der Waals surface area contributed by atoms with E-state index < -0.39 is 0 Å². The van der Waals surface area contributed by atoms with Gasteiger partial charge >= 0.3 is 0 Å². The third-order valence-corrected chi connectivity index (χ3v) is 4.96. The molecule has 27 heavy (non-hydrogen) atoms. The number of amides is 1. The molecule has 0 spiro atoms. The minimum absolute atomic E-state index is 0.00794. The van der Waals surface area contributed by atoms with Crippen molar-refractivity contribution in [3.05, 3.63) is 94.2 Å². The summed E-state index contributed by atoms with van der Waals surface area (Å²) in [4.78, 5) is 13.1. The molecule has 4 aromatic rings. The molecule has 2 aromatic carbocycles. The van der Waals surface area contributed by atoms with Crippen molar-refractivity contribution in [2.75, 3.05) is 5.73 Å². The molecule has 0 saturated carbocycles. The van der Waals surface area contributed by atoms with Gasteiger partial charge in [-0.1, -0.05) is 65.8 Å². The first kappa shape index (κ1) is 17.1. The average molecular weight is 375 g/mol. The second-order valence-electron chi connectivity index (χ2n) is 6.01. The quantitative estimate of drug-likeness (QED) is 0.538. The Morgan fingerprint density at radius 2 is 1.63 bits per heavy atom. The lowest BCUT2D eigenvalue weighted by molar-refractivity contribution is 0.0944. The van der Waals surface area contributed by atoms with Crippen molar-refractivity contribution in [2.24, 2.45) is 0 Å². The fourth-order valence-electron chi connectivity index (χ4n) is 2.97. The number of anilines is 1. The Labute approximate surface area is 160 Å². The molecule has 0 radical (unpaired) electrons. The lowest BCUT2D eigenvalue weighted by Crippen LogP contribution is -2.30. The molecule has 0 fully saturated rings. The zero-order chi connectivity index (χ0) is 18.6. The zero-order valence-electron chi connectivity index (χ0n) is 14.3. The Kier molecular flexibility index (Phi) is 4.72. The first-order valence-corrected chi connectivity index (χ1v) is 9.37. The smallest absolute Gasteiger partial charge is 0.259 e. The summed E-state index contributed by atoms with van der Waals surface area (Å²) in [5.41, 5.74) is 9.38. The number of rotatable bonds is 5. The van der Waals surface area contributed by atoms with E-state index in [2.05, 4.69) is 10.5 Å². The van der Waals surface area contributed by atoms with Crippen LogP contribution in [0.25, 0.3) is 11.3 Å². The fourth-order valence-corrected chi connectivity index (χ4v) is 3.61. The number of thiophene rings is 1. The highest BCUT2D eigenvalue weighted by molar-refractivity contribution is 7.08. The van der Waals surface area contributed by atoms with Crippen LogP contribution in [0.3, 0.4) is 0 Å². The van der Waals surface area contributed by atoms with Gasteiger partial charge in [-0.2, -0.15) is 11.3 Å². The number of nitrogens with zero attached hydrogens (tertiary/aromatic N) is 1. The van der Waals surface area contributed by atoms with E-state index in [1.54, 1.807) is 0 Å². The molecule has 0 atom stereocenters. The number of benzene rings is 2. The van der Waals surface area contributed by atoms with Crippen LogP contribution in [0.1, 0.15) is 27.5 Å². The average Bonchev–Trinajstić information content (AvgIpc) is 3.37. The Balaban J connectivity index is 1.71. The van der Waals surface area contributed by atoms with Gasteiger partial charge in [0.25, 0.3) is 5.91 Å². The number of nitrogens with one attached hydrogen (secondary N) is 1. The van der Waals surface area contributed by atoms with Gasteiger partial charge in [0.2, 0.25) is 5.88 Å². The molecule has 0 aliphatic rings. The predicted octanol–water partition coefficient (Wildman–Crippen LogP) is 4.50. The van der Waals surface area contributed by atoms with E-state index in [0.29, 0.717) is 5.69 Å². The van der Waals surface area contributed by atoms with Crippen LogP contribution >= 0.6 is 11.3 Å². The maximum Gasteiger partial charge on any atom is 0.259 e. The van der Waals surface area contributed by atoms with Gasteiger partial charge < -0.3 is 15.6 Å². The molecule has 0 unspecified atom stereocenters. The summed E-state index contributed by atoms with van der Waals surface area (Å²) >= 11 is 1.52. The molecule has 0 saturated heterocycles. The van der Waals surface area contributed by atoms with Crippen LogP contribution in [0.2, 0.25) is 0 Å². The molecule has 0 aliphatic heterocycles. The summed E-state index contributed by atoms with van der Waals surface area (Å²) in [5.74, 6) is -0.318. The van der Waals surface area contributed by atoms with Crippen LogP contribution in [-0.2, 0) is 0 Å². The minimum Gasteiger partial charge on any atom is -0.367 e.